The highest BCUT2D eigenvalue weighted by Crippen LogP contribution is 2.29. The number of hydrogen-bond acceptors (Lipinski definition) is 6. The molecule has 1 atom stereocenters. The average molecular weight is 381 g/mol. The molecule has 1 amide bonds. The first kappa shape index (κ1) is 20.1. The normalized spacial score (nSPS) is 19.0. The molecule has 0 spiro atoms. The third-order valence-corrected chi connectivity index (χ3v) is 5.38. The van der Waals surface area contributed by atoms with Gasteiger partial charge in [0.1, 0.15) is 5.54 Å². The van der Waals surface area contributed by atoms with Crippen molar-refractivity contribution >= 4 is 29.4 Å². The van der Waals surface area contributed by atoms with Gasteiger partial charge in [-0.2, -0.15) is 11.8 Å². The number of carboxylic acids is 1. The molecule has 1 aromatic rings. The van der Waals surface area contributed by atoms with E-state index in [2.05, 4.69) is 5.32 Å². The van der Waals surface area contributed by atoms with E-state index < -0.39 is 11.5 Å². The number of carbonyl (C=O) groups is 3. The molecule has 142 valence electrons. The van der Waals surface area contributed by atoms with Crippen LogP contribution >= 0.6 is 11.8 Å². The maximum absolute atomic E-state index is 12.1. The minimum atomic E-state index is -1.14. The summed E-state index contributed by atoms with van der Waals surface area (Å²) in [5.74, 6) is 0.724. The molecular formula is C18H23NO6S. The van der Waals surface area contributed by atoms with E-state index in [0.29, 0.717) is 35.7 Å². The first-order valence-corrected chi connectivity index (χ1v) is 9.47. The van der Waals surface area contributed by atoms with Crippen molar-refractivity contribution in [3.05, 3.63) is 23.8 Å². The van der Waals surface area contributed by atoms with Crippen LogP contribution in [0.3, 0.4) is 0 Å². The van der Waals surface area contributed by atoms with Crippen molar-refractivity contribution in [1.82, 2.24) is 5.32 Å². The number of carbonyl (C=O) groups excluding carboxylic acids is 2. The second kappa shape index (κ2) is 8.93. The highest BCUT2D eigenvalue weighted by molar-refractivity contribution is 7.99. The number of Topliss-reactive ketones (excluding diaryl/α,β-unsaturated/α-hetero) is 1. The molecule has 1 aliphatic heterocycles. The second-order valence-electron chi connectivity index (χ2n) is 6.11. The van der Waals surface area contributed by atoms with E-state index in [-0.39, 0.29) is 24.7 Å². The fourth-order valence-electron chi connectivity index (χ4n) is 2.64. The van der Waals surface area contributed by atoms with Gasteiger partial charge in [-0.1, -0.05) is 0 Å². The predicted octanol–water partition coefficient (Wildman–Crippen LogP) is 2.13. The lowest BCUT2D eigenvalue weighted by Crippen LogP contribution is -2.54. The molecule has 7 nitrogen and oxygen atoms in total. The number of thioether (sulfide) groups is 1. The van der Waals surface area contributed by atoms with Crippen molar-refractivity contribution in [3.8, 4) is 11.5 Å². The van der Waals surface area contributed by atoms with E-state index in [4.69, 9.17) is 9.47 Å². The molecule has 26 heavy (non-hydrogen) atoms. The molecule has 2 rings (SSSR count). The number of hydrogen-bond donors (Lipinski definition) is 2. The van der Waals surface area contributed by atoms with E-state index in [1.807, 2.05) is 0 Å². The lowest BCUT2D eigenvalue weighted by Gasteiger charge is -2.24. The van der Waals surface area contributed by atoms with Gasteiger partial charge in [-0.25, -0.2) is 4.79 Å². The van der Waals surface area contributed by atoms with E-state index in [9.17, 15) is 19.5 Å². The molecule has 1 saturated heterocycles. The number of methoxy groups -OCH3 is 1. The monoisotopic (exact) mass is 381 g/mol. The zero-order valence-electron chi connectivity index (χ0n) is 14.9. The number of benzene rings is 1. The number of nitrogens with one attached hydrogen (secondary N) is 1. The summed E-state index contributed by atoms with van der Waals surface area (Å²) in [4.78, 5) is 34.9. The Morgan fingerprint density at radius 2 is 2.08 bits per heavy atom. The van der Waals surface area contributed by atoms with Crippen molar-refractivity contribution < 1.29 is 29.0 Å². The van der Waals surface area contributed by atoms with Crippen molar-refractivity contribution in [1.29, 1.82) is 0 Å². The quantitative estimate of drug-likeness (QED) is 0.499. The van der Waals surface area contributed by atoms with Crippen LogP contribution in [0.5, 0.6) is 11.5 Å². The van der Waals surface area contributed by atoms with Crippen LogP contribution in [-0.4, -0.2) is 53.5 Å². The number of ketones is 1. The third kappa shape index (κ3) is 4.91. The summed E-state index contributed by atoms with van der Waals surface area (Å²) >= 11 is 1.53. The zero-order valence-corrected chi connectivity index (χ0v) is 15.7. The van der Waals surface area contributed by atoms with E-state index in [1.165, 1.54) is 25.8 Å². The zero-order chi connectivity index (χ0) is 19.2. The highest BCUT2D eigenvalue weighted by Gasteiger charge is 2.43. The van der Waals surface area contributed by atoms with Crippen LogP contribution in [0.15, 0.2) is 18.2 Å². The molecule has 2 N–H and O–H groups in total. The molecule has 1 aromatic carbocycles. The van der Waals surface area contributed by atoms with Crippen molar-refractivity contribution in [3.63, 3.8) is 0 Å². The molecule has 0 radical (unpaired) electrons. The van der Waals surface area contributed by atoms with E-state index >= 15 is 0 Å². The molecule has 0 bridgehead atoms. The van der Waals surface area contributed by atoms with Gasteiger partial charge in [0.05, 0.1) is 13.7 Å². The topological polar surface area (TPSA) is 102 Å². The van der Waals surface area contributed by atoms with E-state index in [0.717, 1.165) is 5.75 Å². The molecule has 8 heteroatoms. The Bertz CT molecular complexity index is 684. The van der Waals surface area contributed by atoms with Crippen LogP contribution in [0.1, 0.15) is 36.5 Å². The maximum atomic E-state index is 12.1. The highest BCUT2D eigenvalue weighted by atomic mass is 32.2. The van der Waals surface area contributed by atoms with Gasteiger partial charge in [0.2, 0.25) is 5.91 Å². The Hall–Kier alpha value is -2.22. The van der Waals surface area contributed by atoms with Crippen molar-refractivity contribution in [2.45, 2.75) is 31.7 Å². The summed E-state index contributed by atoms with van der Waals surface area (Å²) in [7, 11) is 1.49. The van der Waals surface area contributed by atoms with Gasteiger partial charge in [-0.05, 0) is 43.7 Å². The molecule has 1 unspecified atom stereocenters. The minimum absolute atomic E-state index is 0.0658. The van der Waals surface area contributed by atoms with Crippen molar-refractivity contribution in [2.24, 2.45) is 0 Å². The molecule has 0 saturated carbocycles. The van der Waals surface area contributed by atoms with E-state index in [1.54, 1.807) is 18.2 Å². The fourth-order valence-corrected chi connectivity index (χ4v) is 3.96. The summed E-state index contributed by atoms with van der Waals surface area (Å²) in [6.45, 7) is 1.75. The number of ether oxygens (including phenoxy) is 2. The SMILES string of the molecule is COc1cc(C(C)=O)ccc1OCCCC(=O)NC1(C(=O)O)CCSC1. The summed E-state index contributed by atoms with van der Waals surface area (Å²) in [6, 6.07) is 4.92. The van der Waals surface area contributed by atoms with Crippen LogP contribution in [0.25, 0.3) is 0 Å². The number of amides is 1. The number of rotatable bonds is 9. The summed E-state index contributed by atoms with van der Waals surface area (Å²) < 4.78 is 10.8. The molecule has 1 fully saturated rings. The molecular weight excluding hydrogens is 358 g/mol. The smallest absolute Gasteiger partial charge is 0.330 e. The Morgan fingerprint density at radius 1 is 1.31 bits per heavy atom. The summed E-state index contributed by atoms with van der Waals surface area (Å²) in [5.41, 5.74) is -0.615. The molecule has 1 aliphatic rings. The Balaban J connectivity index is 1.82. The van der Waals surface area contributed by atoms with Gasteiger partial charge < -0.3 is 19.9 Å². The third-order valence-electron chi connectivity index (χ3n) is 4.19. The van der Waals surface area contributed by atoms with Gasteiger partial charge in [0, 0.05) is 17.7 Å². The fraction of sp³-hybridized carbons (Fsp3) is 0.500. The number of aliphatic carboxylic acids is 1. The van der Waals surface area contributed by atoms with Gasteiger partial charge in [0.15, 0.2) is 17.3 Å². The minimum Gasteiger partial charge on any atom is -0.493 e. The van der Waals surface area contributed by atoms with Crippen LogP contribution in [0, 0.1) is 0 Å². The standard InChI is InChI=1S/C18H23NO6S/c1-12(20)13-5-6-14(15(10-13)24-2)25-8-3-4-16(21)19-18(17(22)23)7-9-26-11-18/h5-6,10H,3-4,7-9,11H2,1-2H3,(H,19,21)(H,22,23). The Labute approximate surface area is 156 Å². The first-order valence-electron chi connectivity index (χ1n) is 8.32. The predicted molar refractivity (Wildman–Crippen MR) is 98.2 cm³/mol. The average Bonchev–Trinajstić information content (AvgIpc) is 3.08. The van der Waals surface area contributed by atoms with Gasteiger partial charge in [0.25, 0.3) is 0 Å². The lowest BCUT2D eigenvalue weighted by molar-refractivity contribution is -0.146. The van der Waals surface area contributed by atoms with Gasteiger partial charge >= 0.3 is 5.97 Å². The van der Waals surface area contributed by atoms with Crippen LogP contribution in [0.2, 0.25) is 0 Å². The Kier molecular flexibility index (Phi) is 6.90. The number of carboxylic acid groups (broad SMARTS) is 1. The molecule has 0 aromatic heterocycles. The Morgan fingerprint density at radius 3 is 2.65 bits per heavy atom. The summed E-state index contributed by atoms with van der Waals surface area (Å²) in [6.07, 6.45) is 1.05. The first-order chi connectivity index (χ1) is 12.4. The van der Waals surface area contributed by atoms with Crippen molar-refractivity contribution in [2.75, 3.05) is 25.2 Å². The summed E-state index contributed by atoms with van der Waals surface area (Å²) in [5, 5.41) is 12.0. The van der Waals surface area contributed by atoms with Gasteiger partial charge in [-0.3, -0.25) is 9.59 Å². The second-order valence-corrected chi connectivity index (χ2v) is 7.22. The van der Waals surface area contributed by atoms with Crippen LogP contribution in [-0.2, 0) is 9.59 Å². The largest absolute Gasteiger partial charge is 0.493 e. The van der Waals surface area contributed by atoms with Crippen LogP contribution in [0.4, 0.5) is 0 Å². The lowest BCUT2D eigenvalue weighted by atomic mass is 9.99. The maximum Gasteiger partial charge on any atom is 0.330 e. The molecule has 1 heterocycles. The molecule has 0 aliphatic carbocycles. The van der Waals surface area contributed by atoms with Gasteiger partial charge in [-0.15, -0.1) is 0 Å². The van der Waals surface area contributed by atoms with Crippen LogP contribution < -0.4 is 14.8 Å².